The molecule has 0 bridgehead atoms. The summed E-state index contributed by atoms with van der Waals surface area (Å²) in [7, 11) is 4.61. The molecule has 0 spiro atoms. The first kappa shape index (κ1) is 47.3. The molecule has 0 aliphatic carbocycles. The highest BCUT2D eigenvalue weighted by Gasteiger charge is 2.22. The van der Waals surface area contributed by atoms with Crippen molar-refractivity contribution in [3.05, 3.63) is 111 Å². The molecule has 1 atom stereocenters. The van der Waals surface area contributed by atoms with Crippen LogP contribution in [-0.2, 0) is 6.42 Å². The maximum atomic E-state index is 14.9. The molecule has 0 amide bonds. The van der Waals surface area contributed by atoms with Gasteiger partial charge < -0.3 is 21.9 Å². The molecule has 0 fully saturated rings. The predicted molar refractivity (Wildman–Crippen MR) is 210 cm³/mol. The summed E-state index contributed by atoms with van der Waals surface area (Å²) in [6, 6.07) is 18.2. The summed E-state index contributed by atoms with van der Waals surface area (Å²) >= 11 is 6.02. The number of ether oxygens (including phenoxy) is 1. The van der Waals surface area contributed by atoms with E-state index < -0.39 is 11.6 Å². The normalized spacial score (nSPS) is 10.5. The van der Waals surface area contributed by atoms with Gasteiger partial charge in [0.05, 0.1) is 23.7 Å². The van der Waals surface area contributed by atoms with Gasteiger partial charge in [-0.05, 0) is 94.2 Å². The van der Waals surface area contributed by atoms with E-state index in [-0.39, 0.29) is 16.5 Å². The Bertz CT molecular complexity index is 1540. The Morgan fingerprint density at radius 3 is 1.92 bits per heavy atom. The fourth-order valence-corrected chi connectivity index (χ4v) is 4.80. The molecular formula is C40H60ClF2N5O. The number of aliphatic imine (C=N–C) groups is 1. The van der Waals surface area contributed by atoms with E-state index in [1.165, 1.54) is 26.6 Å². The second-order valence-corrected chi connectivity index (χ2v) is 10.6. The van der Waals surface area contributed by atoms with E-state index >= 15 is 0 Å². The Morgan fingerprint density at radius 2 is 1.41 bits per heavy atom. The lowest BCUT2D eigenvalue weighted by Gasteiger charge is -2.21. The van der Waals surface area contributed by atoms with E-state index in [1.807, 2.05) is 78.8 Å². The van der Waals surface area contributed by atoms with Crippen LogP contribution in [0.4, 0.5) is 14.5 Å². The SMILES string of the molecule is CC.CC.CCC.CN.CN.COc1cc(CC(c2ccccc2)c2cc(C)c(C)c(-c3cc(Cl)c(F)cc3F)n2)cc(C)c1N=C(C)N. The molecule has 9 heteroatoms. The van der Waals surface area contributed by atoms with Gasteiger partial charge >= 0.3 is 0 Å². The highest BCUT2D eigenvalue weighted by Crippen LogP contribution is 2.37. The van der Waals surface area contributed by atoms with E-state index in [4.69, 9.17) is 27.1 Å². The Labute approximate surface area is 300 Å². The molecule has 3 aromatic carbocycles. The number of amidine groups is 1. The van der Waals surface area contributed by atoms with Crippen molar-refractivity contribution in [2.75, 3.05) is 21.2 Å². The Balaban J connectivity index is 0. The smallest absolute Gasteiger partial charge is 0.145 e. The summed E-state index contributed by atoms with van der Waals surface area (Å²) in [5, 5.41) is -0.150. The second-order valence-electron chi connectivity index (χ2n) is 10.2. The van der Waals surface area contributed by atoms with E-state index in [0.29, 0.717) is 29.4 Å². The molecule has 6 N–H and O–H groups in total. The van der Waals surface area contributed by atoms with Crippen molar-refractivity contribution in [2.24, 2.45) is 22.2 Å². The van der Waals surface area contributed by atoms with Gasteiger partial charge in [-0.25, -0.2) is 13.8 Å². The molecule has 1 aromatic heterocycles. The summed E-state index contributed by atoms with van der Waals surface area (Å²) in [5.41, 5.74) is 21.7. The number of benzene rings is 3. The lowest BCUT2D eigenvalue weighted by Crippen LogP contribution is -2.10. The third kappa shape index (κ3) is 14.3. The van der Waals surface area contributed by atoms with Crippen LogP contribution in [0.15, 0.2) is 65.7 Å². The molecule has 49 heavy (non-hydrogen) atoms. The first-order valence-corrected chi connectivity index (χ1v) is 17.2. The van der Waals surface area contributed by atoms with Gasteiger partial charge in [0.2, 0.25) is 0 Å². The zero-order valence-corrected chi connectivity index (χ0v) is 32.7. The average Bonchev–Trinajstić information content (AvgIpc) is 3.11. The van der Waals surface area contributed by atoms with Gasteiger partial charge in [-0.2, -0.15) is 0 Å². The first-order chi connectivity index (χ1) is 23.5. The molecule has 1 unspecified atom stereocenters. The summed E-state index contributed by atoms with van der Waals surface area (Å²) in [6.07, 6.45) is 1.86. The molecule has 0 aliphatic heterocycles. The van der Waals surface area contributed by atoms with Crippen LogP contribution in [0.25, 0.3) is 11.3 Å². The number of hydrogen-bond donors (Lipinski definition) is 3. The van der Waals surface area contributed by atoms with Crippen LogP contribution in [0.2, 0.25) is 5.02 Å². The van der Waals surface area contributed by atoms with Gasteiger partial charge in [-0.15, -0.1) is 0 Å². The maximum Gasteiger partial charge on any atom is 0.145 e. The zero-order chi connectivity index (χ0) is 38.3. The minimum Gasteiger partial charge on any atom is -0.494 e. The third-order valence-electron chi connectivity index (χ3n) is 6.65. The van der Waals surface area contributed by atoms with Gasteiger partial charge in [0.15, 0.2) is 0 Å². The average molecular weight is 700 g/mol. The van der Waals surface area contributed by atoms with Crippen LogP contribution in [0.3, 0.4) is 0 Å². The number of methoxy groups -OCH3 is 1. The largest absolute Gasteiger partial charge is 0.494 e. The summed E-state index contributed by atoms with van der Waals surface area (Å²) in [6.45, 7) is 19.8. The van der Waals surface area contributed by atoms with Gasteiger partial charge in [-0.3, -0.25) is 4.98 Å². The molecule has 4 aromatic rings. The van der Waals surface area contributed by atoms with Crippen molar-refractivity contribution in [2.45, 2.75) is 88.0 Å². The zero-order valence-electron chi connectivity index (χ0n) is 31.9. The lowest BCUT2D eigenvalue weighted by molar-refractivity contribution is 0.415. The molecule has 0 saturated carbocycles. The van der Waals surface area contributed by atoms with Crippen molar-refractivity contribution in [1.82, 2.24) is 4.98 Å². The minimum atomic E-state index is -0.803. The molecule has 6 nitrogen and oxygen atoms in total. The van der Waals surface area contributed by atoms with E-state index in [9.17, 15) is 8.78 Å². The fraction of sp³-hybridized carbons (Fsp3) is 0.400. The standard InChI is InChI=1S/C31H30ClF2N3O.C3H8.2C2H6.2CH5N/c1-17-12-28(37-31(19(17)3)24-15-25(32)27(34)16-26(24)33)23(22-9-7-6-8-10-22)13-21-11-18(2)30(36-20(4)35)29(14-21)38-5;1-3-2;4*1-2/h6-12,14-16,23H,13H2,1-5H3,(H2,35,36);3H2,1-2H3;2*1-2H3;2*2H2,1H3. The van der Waals surface area contributed by atoms with E-state index in [1.54, 1.807) is 14.0 Å². The molecular weight excluding hydrogens is 640 g/mol. The highest BCUT2D eigenvalue weighted by atomic mass is 35.5. The summed E-state index contributed by atoms with van der Waals surface area (Å²) in [4.78, 5) is 9.38. The number of nitrogens with two attached hydrogens (primary N) is 3. The minimum absolute atomic E-state index is 0.150. The van der Waals surface area contributed by atoms with Gasteiger partial charge in [0.1, 0.15) is 23.1 Å². The quantitative estimate of drug-likeness (QED) is 0.101. The number of nitrogens with zero attached hydrogens (tertiary/aromatic N) is 2. The maximum absolute atomic E-state index is 14.9. The van der Waals surface area contributed by atoms with Crippen molar-refractivity contribution in [3.8, 4) is 17.0 Å². The van der Waals surface area contributed by atoms with Crippen LogP contribution in [-0.4, -0.2) is 32.0 Å². The van der Waals surface area contributed by atoms with Crippen LogP contribution >= 0.6 is 11.6 Å². The number of hydrogen-bond acceptors (Lipinski definition) is 5. The predicted octanol–water partition coefficient (Wildman–Crippen LogP) is 10.6. The number of pyridine rings is 1. The Morgan fingerprint density at radius 1 is 0.857 bits per heavy atom. The first-order valence-electron chi connectivity index (χ1n) is 16.8. The van der Waals surface area contributed by atoms with Crippen LogP contribution < -0.4 is 21.9 Å². The lowest BCUT2D eigenvalue weighted by atomic mass is 9.86. The molecule has 272 valence electrons. The van der Waals surface area contributed by atoms with Crippen molar-refractivity contribution in [3.63, 3.8) is 0 Å². The number of aryl methyl sites for hydroxylation is 2. The molecule has 1 heterocycles. The summed E-state index contributed by atoms with van der Waals surface area (Å²) < 4.78 is 34.5. The van der Waals surface area contributed by atoms with Gasteiger partial charge in [0, 0.05) is 23.2 Å². The molecule has 0 saturated heterocycles. The Kier molecular flexibility index (Phi) is 25.2. The van der Waals surface area contributed by atoms with Crippen molar-refractivity contribution >= 4 is 23.1 Å². The third-order valence-corrected chi connectivity index (χ3v) is 6.94. The number of rotatable bonds is 7. The monoisotopic (exact) mass is 699 g/mol. The number of aromatic nitrogens is 1. The van der Waals surface area contributed by atoms with Crippen LogP contribution in [0.5, 0.6) is 5.75 Å². The molecule has 0 radical (unpaired) electrons. The van der Waals surface area contributed by atoms with Crippen LogP contribution in [0.1, 0.15) is 94.3 Å². The van der Waals surface area contributed by atoms with E-state index in [2.05, 4.69) is 48.5 Å². The molecule has 4 rings (SSSR count). The second kappa shape index (κ2) is 26.1. The van der Waals surface area contributed by atoms with Gasteiger partial charge in [-0.1, -0.05) is 96.0 Å². The Hall–Kier alpha value is -3.85. The highest BCUT2D eigenvalue weighted by molar-refractivity contribution is 6.31. The fourth-order valence-electron chi connectivity index (χ4n) is 4.63. The topological polar surface area (TPSA) is 113 Å². The van der Waals surface area contributed by atoms with Crippen LogP contribution in [0, 0.1) is 32.4 Å². The number of halogens is 3. The van der Waals surface area contributed by atoms with E-state index in [0.717, 1.165) is 39.6 Å². The summed E-state index contributed by atoms with van der Waals surface area (Å²) in [5.74, 6) is -0.581. The van der Waals surface area contributed by atoms with Crippen molar-refractivity contribution in [1.29, 1.82) is 0 Å². The molecule has 0 aliphatic rings. The van der Waals surface area contributed by atoms with Gasteiger partial charge in [0.25, 0.3) is 0 Å². The van der Waals surface area contributed by atoms with Crippen molar-refractivity contribution < 1.29 is 13.5 Å².